The van der Waals surface area contributed by atoms with E-state index in [1.807, 2.05) is 13.0 Å². The molecular formula is C18H25N5OS. The molecule has 3 heterocycles. The summed E-state index contributed by atoms with van der Waals surface area (Å²) in [4.78, 5) is 28.8. The zero-order chi connectivity index (χ0) is 18.0. The van der Waals surface area contributed by atoms with Gasteiger partial charge in [-0.3, -0.25) is 4.79 Å². The minimum atomic E-state index is -0.0414. The summed E-state index contributed by atoms with van der Waals surface area (Å²) in [5.41, 5.74) is 0.770. The summed E-state index contributed by atoms with van der Waals surface area (Å²) in [6.07, 6.45) is 5.48. The third kappa shape index (κ3) is 4.15. The molecule has 2 aromatic heterocycles. The van der Waals surface area contributed by atoms with Gasteiger partial charge in [-0.2, -0.15) is 0 Å². The van der Waals surface area contributed by atoms with Gasteiger partial charge in [0.25, 0.3) is 5.91 Å². The highest BCUT2D eigenvalue weighted by atomic mass is 32.1. The number of carbonyl (C=O) groups excluding carboxylic acids is 1. The molecule has 1 aliphatic heterocycles. The molecule has 0 radical (unpaired) electrons. The Morgan fingerprint density at radius 3 is 2.68 bits per heavy atom. The van der Waals surface area contributed by atoms with Gasteiger partial charge in [0.05, 0.1) is 10.7 Å². The summed E-state index contributed by atoms with van der Waals surface area (Å²) >= 11 is 1.50. The van der Waals surface area contributed by atoms with Crippen molar-refractivity contribution in [3.63, 3.8) is 0 Å². The molecule has 134 valence electrons. The predicted octanol–water partition coefficient (Wildman–Crippen LogP) is 2.94. The summed E-state index contributed by atoms with van der Waals surface area (Å²) in [7, 11) is 0. The van der Waals surface area contributed by atoms with Crippen LogP contribution in [0.4, 0.5) is 5.95 Å². The fraction of sp³-hybridized carbons (Fsp3) is 0.556. The van der Waals surface area contributed by atoms with Crippen molar-refractivity contribution in [1.29, 1.82) is 0 Å². The molecule has 0 bridgehead atoms. The van der Waals surface area contributed by atoms with Gasteiger partial charge in [0.15, 0.2) is 0 Å². The predicted molar refractivity (Wildman–Crippen MR) is 100 cm³/mol. The van der Waals surface area contributed by atoms with Crippen molar-refractivity contribution in [1.82, 2.24) is 20.3 Å². The van der Waals surface area contributed by atoms with Crippen LogP contribution in [-0.2, 0) is 5.41 Å². The standard InChI is InChI=1S/C18H25N5OS/c1-12-14(25-16(21-12)18(2,3)4)15(24)22-13-7-5-10-23(11-13)17-19-8-6-9-20-17/h6,8-9,13H,5,7,10-11H2,1-4H3,(H,22,24). The first-order valence-corrected chi connectivity index (χ1v) is 9.47. The Hall–Kier alpha value is -2.02. The van der Waals surface area contributed by atoms with Gasteiger partial charge >= 0.3 is 0 Å². The topological polar surface area (TPSA) is 71.0 Å². The van der Waals surface area contributed by atoms with E-state index in [0.29, 0.717) is 0 Å². The molecule has 7 heteroatoms. The van der Waals surface area contributed by atoms with Crippen LogP contribution in [0.25, 0.3) is 0 Å². The highest BCUT2D eigenvalue weighted by Gasteiger charge is 2.27. The minimum Gasteiger partial charge on any atom is -0.347 e. The van der Waals surface area contributed by atoms with Gasteiger partial charge in [0.1, 0.15) is 4.88 Å². The zero-order valence-corrected chi connectivity index (χ0v) is 16.1. The average molecular weight is 359 g/mol. The van der Waals surface area contributed by atoms with Crippen molar-refractivity contribution in [3.8, 4) is 0 Å². The van der Waals surface area contributed by atoms with Crippen LogP contribution in [0.2, 0.25) is 0 Å². The third-order valence-corrected chi connectivity index (χ3v) is 5.82. The molecule has 1 fully saturated rings. The number of aromatic nitrogens is 3. The quantitative estimate of drug-likeness (QED) is 0.912. The van der Waals surface area contributed by atoms with Crippen molar-refractivity contribution in [2.75, 3.05) is 18.0 Å². The van der Waals surface area contributed by atoms with Crippen LogP contribution in [0.1, 0.15) is 54.0 Å². The van der Waals surface area contributed by atoms with E-state index in [1.54, 1.807) is 12.4 Å². The van der Waals surface area contributed by atoms with E-state index in [9.17, 15) is 4.79 Å². The number of aryl methyl sites for hydroxylation is 1. The number of nitrogens with one attached hydrogen (secondary N) is 1. The van der Waals surface area contributed by atoms with Gasteiger partial charge in [-0.05, 0) is 25.8 Å². The molecule has 3 rings (SSSR count). The number of nitrogens with zero attached hydrogens (tertiary/aromatic N) is 4. The van der Waals surface area contributed by atoms with Crippen LogP contribution < -0.4 is 10.2 Å². The first-order valence-electron chi connectivity index (χ1n) is 8.65. The van der Waals surface area contributed by atoms with Crippen LogP contribution in [0, 0.1) is 6.92 Å². The Labute approximate surface area is 152 Å². The first-order chi connectivity index (χ1) is 11.8. The SMILES string of the molecule is Cc1nc(C(C)(C)C)sc1C(=O)NC1CCCN(c2ncccn2)C1. The average Bonchev–Trinajstić information content (AvgIpc) is 2.98. The molecule has 0 spiro atoms. The molecule has 1 atom stereocenters. The Balaban J connectivity index is 1.68. The fourth-order valence-corrected chi connectivity index (χ4v) is 3.94. The molecule has 1 N–H and O–H groups in total. The molecular weight excluding hydrogens is 334 g/mol. The fourth-order valence-electron chi connectivity index (χ4n) is 2.91. The van der Waals surface area contributed by atoms with Crippen LogP contribution >= 0.6 is 11.3 Å². The van der Waals surface area contributed by atoms with Crippen LogP contribution in [-0.4, -0.2) is 40.0 Å². The summed E-state index contributed by atoms with van der Waals surface area (Å²) in [5, 5.41) is 4.17. The number of carbonyl (C=O) groups is 1. The summed E-state index contributed by atoms with van der Waals surface area (Å²) < 4.78 is 0. The largest absolute Gasteiger partial charge is 0.347 e. The Kier molecular flexibility index (Phi) is 5.03. The molecule has 1 amide bonds. The number of amides is 1. The zero-order valence-electron chi connectivity index (χ0n) is 15.2. The van der Waals surface area contributed by atoms with Crippen LogP contribution in [0.15, 0.2) is 18.5 Å². The second-order valence-electron chi connectivity index (χ2n) is 7.49. The van der Waals surface area contributed by atoms with Gasteiger partial charge in [-0.25, -0.2) is 15.0 Å². The second-order valence-corrected chi connectivity index (χ2v) is 8.49. The van der Waals surface area contributed by atoms with Crippen LogP contribution in [0.3, 0.4) is 0 Å². The van der Waals surface area contributed by atoms with E-state index >= 15 is 0 Å². The van der Waals surface area contributed by atoms with Gasteiger partial charge in [0.2, 0.25) is 5.95 Å². The summed E-state index contributed by atoms with van der Waals surface area (Å²) in [5.74, 6) is 0.705. The van der Waals surface area contributed by atoms with Crippen molar-refractivity contribution < 1.29 is 4.79 Å². The van der Waals surface area contributed by atoms with Gasteiger partial charge in [-0.15, -0.1) is 11.3 Å². The monoisotopic (exact) mass is 359 g/mol. The molecule has 25 heavy (non-hydrogen) atoms. The number of hydrogen-bond donors (Lipinski definition) is 1. The maximum Gasteiger partial charge on any atom is 0.263 e. The molecule has 1 saturated heterocycles. The highest BCUT2D eigenvalue weighted by Crippen LogP contribution is 2.29. The number of piperidine rings is 1. The molecule has 0 aliphatic carbocycles. The number of thiazole rings is 1. The molecule has 0 aromatic carbocycles. The third-order valence-electron chi connectivity index (χ3n) is 4.24. The van der Waals surface area contributed by atoms with Gasteiger partial charge < -0.3 is 10.2 Å². The van der Waals surface area contributed by atoms with E-state index in [-0.39, 0.29) is 17.4 Å². The number of rotatable bonds is 3. The highest BCUT2D eigenvalue weighted by molar-refractivity contribution is 7.14. The lowest BCUT2D eigenvalue weighted by atomic mass is 9.98. The van der Waals surface area contributed by atoms with E-state index in [0.717, 1.165) is 47.5 Å². The Morgan fingerprint density at radius 1 is 1.32 bits per heavy atom. The molecule has 6 nitrogen and oxygen atoms in total. The van der Waals surface area contributed by atoms with Gasteiger partial charge in [0, 0.05) is 36.9 Å². The van der Waals surface area contributed by atoms with E-state index in [2.05, 4.69) is 45.9 Å². The lowest BCUT2D eigenvalue weighted by Crippen LogP contribution is -2.48. The van der Waals surface area contributed by atoms with Crippen molar-refractivity contribution >= 4 is 23.2 Å². The molecule has 1 aliphatic rings. The smallest absolute Gasteiger partial charge is 0.263 e. The maximum atomic E-state index is 12.7. The lowest BCUT2D eigenvalue weighted by molar-refractivity contribution is 0.0936. The second kappa shape index (κ2) is 7.07. The molecule has 0 saturated carbocycles. The first kappa shape index (κ1) is 17.8. The molecule has 1 unspecified atom stereocenters. The van der Waals surface area contributed by atoms with Crippen molar-refractivity contribution in [2.45, 2.75) is 52.0 Å². The minimum absolute atomic E-state index is 0.0219. The number of hydrogen-bond acceptors (Lipinski definition) is 6. The van der Waals surface area contributed by atoms with Crippen molar-refractivity contribution in [2.24, 2.45) is 0 Å². The Morgan fingerprint density at radius 2 is 2.04 bits per heavy atom. The van der Waals surface area contributed by atoms with Crippen LogP contribution in [0.5, 0.6) is 0 Å². The molecule has 2 aromatic rings. The number of anilines is 1. The normalized spacial score (nSPS) is 18.2. The van der Waals surface area contributed by atoms with E-state index in [1.165, 1.54) is 11.3 Å². The summed E-state index contributed by atoms with van der Waals surface area (Å²) in [6, 6.07) is 1.91. The van der Waals surface area contributed by atoms with Crippen molar-refractivity contribution in [3.05, 3.63) is 34.0 Å². The van der Waals surface area contributed by atoms with E-state index < -0.39 is 0 Å². The van der Waals surface area contributed by atoms with Gasteiger partial charge in [-0.1, -0.05) is 20.8 Å². The Bertz CT molecular complexity index is 738. The van der Waals surface area contributed by atoms with E-state index in [4.69, 9.17) is 0 Å². The summed E-state index contributed by atoms with van der Waals surface area (Å²) in [6.45, 7) is 9.92. The lowest BCUT2D eigenvalue weighted by Gasteiger charge is -2.33. The maximum absolute atomic E-state index is 12.7.